The van der Waals surface area contributed by atoms with Gasteiger partial charge in [0.25, 0.3) is 0 Å². The molecular formula is C14H19NO5. The summed E-state index contributed by atoms with van der Waals surface area (Å²) in [6.45, 7) is 1.83. The number of rotatable bonds is 7. The highest BCUT2D eigenvalue weighted by Gasteiger charge is 2.20. The fraction of sp³-hybridized carbons (Fsp3) is 0.429. The quantitative estimate of drug-likeness (QED) is 0.771. The zero-order chi connectivity index (χ0) is 15.1. The number of carbonyl (C=O) groups is 2. The summed E-state index contributed by atoms with van der Waals surface area (Å²) in [4.78, 5) is 22.8. The maximum absolute atomic E-state index is 11.9. The highest BCUT2D eigenvalue weighted by molar-refractivity contribution is 5.85. The summed E-state index contributed by atoms with van der Waals surface area (Å²) in [6.07, 6.45) is 0.0539. The average Bonchev–Trinajstić information content (AvgIpc) is 2.38. The van der Waals surface area contributed by atoms with E-state index >= 15 is 0 Å². The van der Waals surface area contributed by atoms with E-state index in [1.807, 2.05) is 19.1 Å². The first kappa shape index (κ1) is 16.0. The van der Waals surface area contributed by atoms with E-state index in [0.29, 0.717) is 11.3 Å². The molecule has 0 saturated heterocycles. The summed E-state index contributed by atoms with van der Waals surface area (Å²) >= 11 is 0. The molecular weight excluding hydrogens is 262 g/mol. The Labute approximate surface area is 117 Å². The molecule has 2 N–H and O–H groups in total. The van der Waals surface area contributed by atoms with Crippen molar-refractivity contribution in [3.8, 4) is 5.75 Å². The highest BCUT2D eigenvalue weighted by Crippen LogP contribution is 2.20. The van der Waals surface area contributed by atoms with Crippen molar-refractivity contribution >= 4 is 11.9 Å². The van der Waals surface area contributed by atoms with Crippen molar-refractivity contribution in [1.29, 1.82) is 0 Å². The lowest BCUT2D eigenvalue weighted by Gasteiger charge is -2.14. The van der Waals surface area contributed by atoms with Crippen LogP contribution in [0.3, 0.4) is 0 Å². The maximum atomic E-state index is 11.9. The van der Waals surface area contributed by atoms with Gasteiger partial charge in [-0.15, -0.1) is 0 Å². The van der Waals surface area contributed by atoms with E-state index in [0.717, 1.165) is 5.56 Å². The lowest BCUT2D eigenvalue weighted by molar-refractivity contribution is -0.143. The van der Waals surface area contributed by atoms with Gasteiger partial charge < -0.3 is 19.9 Å². The van der Waals surface area contributed by atoms with Gasteiger partial charge in [0.1, 0.15) is 5.75 Å². The summed E-state index contributed by atoms with van der Waals surface area (Å²) in [5, 5.41) is 11.4. The third-order valence-electron chi connectivity index (χ3n) is 2.75. The first-order valence-electron chi connectivity index (χ1n) is 6.12. The van der Waals surface area contributed by atoms with Crippen molar-refractivity contribution in [1.82, 2.24) is 5.32 Å². The third kappa shape index (κ3) is 4.55. The number of aliphatic carboxylic acids is 1. The molecule has 1 unspecified atom stereocenters. The number of carbonyl (C=O) groups excluding carboxylic acids is 1. The Kier molecular flexibility index (Phi) is 5.99. The normalized spacial score (nSPS) is 11.8. The van der Waals surface area contributed by atoms with Crippen LogP contribution in [0, 0.1) is 6.92 Å². The van der Waals surface area contributed by atoms with Crippen LogP contribution in [0.15, 0.2) is 18.2 Å². The number of carboxylic acids is 1. The van der Waals surface area contributed by atoms with E-state index in [4.69, 9.17) is 14.6 Å². The fourth-order valence-electron chi connectivity index (χ4n) is 1.81. The number of benzene rings is 1. The van der Waals surface area contributed by atoms with Crippen LogP contribution in [-0.4, -0.2) is 43.9 Å². The van der Waals surface area contributed by atoms with E-state index in [1.165, 1.54) is 14.2 Å². The van der Waals surface area contributed by atoms with Gasteiger partial charge in [0.15, 0.2) is 6.04 Å². The second-order valence-electron chi connectivity index (χ2n) is 4.41. The van der Waals surface area contributed by atoms with Crippen LogP contribution in [0.4, 0.5) is 0 Å². The topological polar surface area (TPSA) is 84.9 Å². The van der Waals surface area contributed by atoms with Crippen LogP contribution in [0.5, 0.6) is 5.75 Å². The van der Waals surface area contributed by atoms with Crippen LogP contribution >= 0.6 is 0 Å². The molecule has 1 amide bonds. The summed E-state index contributed by atoms with van der Waals surface area (Å²) in [7, 11) is 2.91. The monoisotopic (exact) mass is 281 g/mol. The molecule has 0 aromatic heterocycles. The van der Waals surface area contributed by atoms with E-state index < -0.39 is 17.9 Å². The van der Waals surface area contributed by atoms with Crippen molar-refractivity contribution in [3.63, 3.8) is 0 Å². The SMILES string of the molecule is COCC(NC(=O)Cc1cc(C)ccc1OC)C(=O)O. The minimum Gasteiger partial charge on any atom is -0.496 e. The lowest BCUT2D eigenvalue weighted by atomic mass is 10.1. The van der Waals surface area contributed by atoms with Crippen molar-refractivity contribution in [2.45, 2.75) is 19.4 Å². The summed E-state index contributed by atoms with van der Waals surface area (Å²) < 4.78 is 9.94. The molecule has 0 heterocycles. The first-order valence-corrected chi connectivity index (χ1v) is 6.12. The van der Waals surface area contributed by atoms with Crippen molar-refractivity contribution < 1.29 is 24.2 Å². The predicted molar refractivity (Wildman–Crippen MR) is 72.9 cm³/mol. The van der Waals surface area contributed by atoms with Crippen molar-refractivity contribution in [2.75, 3.05) is 20.8 Å². The molecule has 20 heavy (non-hydrogen) atoms. The van der Waals surface area contributed by atoms with Gasteiger partial charge in [-0.3, -0.25) is 4.79 Å². The van der Waals surface area contributed by atoms with E-state index in [1.54, 1.807) is 6.07 Å². The first-order chi connectivity index (χ1) is 9.47. The standard InChI is InChI=1S/C14H19NO5/c1-9-4-5-12(20-3)10(6-9)7-13(16)15-11(8-19-2)14(17)18/h4-6,11H,7-8H2,1-3H3,(H,15,16)(H,17,18). The molecule has 6 nitrogen and oxygen atoms in total. The van der Waals surface area contributed by atoms with Crippen LogP contribution in [0.2, 0.25) is 0 Å². The molecule has 0 bridgehead atoms. The third-order valence-corrected chi connectivity index (χ3v) is 2.75. The Balaban J connectivity index is 2.75. The zero-order valence-electron chi connectivity index (χ0n) is 11.8. The largest absolute Gasteiger partial charge is 0.496 e. The molecule has 0 aliphatic carbocycles. The minimum atomic E-state index is -1.13. The number of nitrogens with one attached hydrogen (secondary N) is 1. The zero-order valence-corrected chi connectivity index (χ0v) is 11.8. The van der Waals surface area contributed by atoms with Gasteiger partial charge >= 0.3 is 5.97 Å². The lowest BCUT2D eigenvalue weighted by Crippen LogP contribution is -2.44. The molecule has 110 valence electrons. The Bertz CT molecular complexity index is 486. The molecule has 1 rings (SSSR count). The molecule has 1 aromatic carbocycles. The average molecular weight is 281 g/mol. The Hall–Kier alpha value is -2.08. The molecule has 0 aliphatic rings. The Morgan fingerprint density at radius 3 is 2.60 bits per heavy atom. The summed E-state index contributed by atoms with van der Waals surface area (Å²) in [5.74, 6) is -0.917. The van der Waals surface area contributed by atoms with Gasteiger partial charge in [0.2, 0.25) is 5.91 Å². The second-order valence-corrected chi connectivity index (χ2v) is 4.41. The molecule has 0 spiro atoms. The number of hydrogen-bond acceptors (Lipinski definition) is 4. The molecule has 1 aromatic rings. The number of methoxy groups -OCH3 is 2. The Morgan fingerprint density at radius 2 is 2.05 bits per heavy atom. The molecule has 0 radical (unpaired) electrons. The molecule has 0 aliphatic heterocycles. The Morgan fingerprint density at radius 1 is 1.35 bits per heavy atom. The number of aryl methyl sites for hydroxylation is 1. The highest BCUT2D eigenvalue weighted by atomic mass is 16.5. The molecule has 0 saturated carbocycles. The predicted octanol–water partition coefficient (Wildman–Crippen LogP) is 0.762. The number of ether oxygens (including phenoxy) is 2. The number of carboxylic acid groups (broad SMARTS) is 1. The van der Waals surface area contributed by atoms with Crippen LogP contribution < -0.4 is 10.1 Å². The summed E-state index contributed by atoms with van der Waals surface area (Å²) in [5.41, 5.74) is 1.71. The fourth-order valence-corrected chi connectivity index (χ4v) is 1.81. The van der Waals surface area contributed by atoms with E-state index in [9.17, 15) is 9.59 Å². The van der Waals surface area contributed by atoms with Crippen molar-refractivity contribution in [3.05, 3.63) is 29.3 Å². The van der Waals surface area contributed by atoms with Crippen LogP contribution in [0.1, 0.15) is 11.1 Å². The smallest absolute Gasteiger partial charge is 0.328 e. The van der Waals surface area contributed by atoms with Gasteiger partial charge in [0, 0.05) is 12.7 Å². The van der Waals surface area contributed by atoms with Crippen LogP contribution in [-0.2, 0) is 20.7 Å². The van der Waals surface area contributed by atoms with Gasteiger partial charge in [-0.1, -0.05) is 17.7 Å². The molecule has 1 atom stereocenters. The second kappa shape index (κ2) is 7.49. The van der Waals surface area contributed by atoms with Gasteiger partial charge in [-0.2, -0.15) is 0 Å². The number of hydrogen-bond donors (Lipinski definition) is 2. The number of amides is 1. The molecule has 6 heteroatoms. The van der Waals surface area contributed by atoms with Crippen molar-refractivity contribution in [2.24, 2.45) is 0 Å². The maximum Gasteiger partial charge on any atom is 0.328 e. The molecule has 0 fully saturated rings. The van der Waals surface area contributed by atoms with E-state index in [-0.39, 0.29) is 13.0 Å². The van der Waals surface area contributed by atoms with Gasteiger partial charge in [-0.25, -0.2) is 4.79 Å². The van der Waals surface area contributed by atoms with Gasteiger partial charge in [0.05, 0.1) is 20.1 Å². The summed E-state index contributed by atoms with van der Waals surface area (Å²) in [6, 6.07) is 4.45. The van der Waals surface area contributed by atoms with E-state index in [2.05, 4.69) is 5.32 Å². The van der Waals surface area contributed by atoms with Crippen LogP contribution in [0.25, 0.3) is 0 Å². The van der Waals surface area contributed by atoms with Gasteiger partial charge in [-0.05, 0) is 13.0 Å². The minimum absolute atomic E-state index is 0.0539.